The molecular weight excluding hydrogens is 370 g/mol. The fourth-order valence-electron chi connectivity index (χ4n) is 1.90. The van der Waals surface area contributed by atoms with Crippen molar-refractivity contribution in [3.63, 3.8) is 0 Å². The van der Waals surface area contributed by atoms with Gasteiger partial charge in [-0.25, -0.2) is 0 Å². The zero-order chi connectivity index (χ0) is 12.3. The van der Waals surface area contributed by atoms with Crippen molar-refractivity contribution in [2.75, 3.05) is 0 Å². The normalized spacial score (nSPS) is 9.05. The van der Waals surface area contributed by atoms with Crippen LogP contribution in [0, 0.1) is 0 Å². The van der Waals surface area contributed by atoms with Gasteiger partial charge in [0.15, 0.2) is 0 Å². The van der Waals surface area contributed by atoms with Crippen LogP contribution in [0.3, 0.4) is 0 Å². The van der Waals surface area contributed by atoms with Crippen LogP contribution in [0.1, 0.15) is 0 Å². The van der Waals surface area contributed by atoms with E-state index in [1.54, 1.807) is 23.3 Å². The summed E-state index contributed by atoms with van der Waals surface area (Å²) in [6.45, 7) is 4.62. The number of benzene rings is 2. The molecule has 3 rings (SSSR count). The Balaban J connectivity index is 0.000000486. The molecule has 0 saturated heterocycles. The molecule has 3 aromatic rings. The molecule has 0 aliphatic carbocycles. The van der Waals surface area contributed by atoms with E-state index < -0.39 is 0 Å². The number of halogens is 2. The van der Waals surface area contributed by atoms with Crippen molar-refractivity contribution in [2.24, 2.45) is 0 Å². The third-order valence-electron chi connectivity index (χ3n) is 2.52. The third-order valence-corrected chi connectivity index (χ3v) is 2.52. The van der Waals surface area contributed by atoms with Crippen LogP contribution in [0.4, 0.5) is 0 Å². The zero-order valence-corrected chi connectivity index (χ0v) is 15.9. The van der Waals surface area contributed by atoms with Gasteiger partial charge in [0.05, 0.1) is 0 Å². The third kappa shape index (κ3) is 5.11. The van der Waals surface area contributed by atoms with Gasteiger partial charge in [-0.2, -0.15) is 0 Å². The monoisotopic (exact) mass is 383 g/mol. The number of rotatable bonds is 0. The summed E-state index contributed by atoms with van der Waals surface area (Å²) in [6.07, 6.45) is 0. The second-order valence-electron chi connectivity index (χ2n) is 4.32. The fourth-order valence-corrected chi connectivity index (χ4v) is 1.90. The Morgan fingerprint density at radius 3 is 1.47 bits per heavy atom. The molecule has 0 bridgehead atoms. The quantitative estimate of drug-likeness (QED) is 0.327. The molecule has 19 heavy (non-hydrogen) atoms. The van der Waals surface area contributed by atoms with Crippen molar-refractivity contribution >= 4 is 27.0 Å². The van der Waals surface area contributed by atoms with E-state index in [-0.39, 0.29) is 30.2 Å². The van der Waals surface area contributed by atoms with Crippen molar-refractivity contribution < 1.29 is 48.1 Å². The molecule has 0 amide bonds. The SMILES string of the molecule is C[Si](C)=[Zr+2].[Cl-].[Cl-].c1ccc2c(c1)[cH-]c1ccccc12. The van der Waals surface area contributed by atoms with Gasteiger partial charge in [-0.1, -0.05) is 36.4 Å². The molecule has 0 fully saturated rings. The molecule has 0 atom stereocenters. The van der Waals surface area contributed by atoms with E-state index in [2.05, 4.69) is 67.7 Å². The van der Waals surface area contributed by atoms with Crippen LogP contribution in [-0.4, -0.2) is 5.43 Å². The van der Waals surface area contributed by atoms with E-state index in [0.717, 1.165) is 0 Å². The Morgan fingerprint density at radius 1 is 0.789 bits per heavy atom. The molecule has 3 aromatic carbocycles. The summed E-state index contributed by atoms with van der Waals surface area (Å²) in [5.41, 5.74) is 0.210. The second-order valence-corrected chi connectivity index (χ2v) is 13.7. The standard InChI is InChI=1S/C13H9.C2H6Si.2ClH.Zr/c1-3-7-12-10(5-1)9-11-6-2-4-8-13(11)12;1-3-2;;;/h1-9H;1-2H3;2*1H;/q-1;;;;+2/p-2. The Labute approximate surface area is 142 Å². The maximum Gasteiger partial charge on any atom is -0.0771 e. The summed E-state index contributed by atoms with van der Waals surface area (Å²) in [7, 11) is 0. The zero-order valence-electron chi connectivity index (χ0n) is 11.0. The van der Waals surface area contributed by atoms with Crippen LogP contribution >= 0.6 is 0 Å². The molecule has 0 aromatic heterocycles. The average molecular weight is 386 g/mol. The van der Waals surface area contributed by atoms with Gasteiger partial charge in [0.1, 0.15) is 0 Å². The van der Waals surface area contributed by atoms with Crippen LogP contribution < -0.4 is 24.8 Å². The minimum absolute atomic E-state index is 0. The minimum Gasteiger partial charge on any atom is -1.00 e. The van der Waals surface area contributed by atoms with E-state index in [1.807, 2.05) is 0 Å². The Bertz CT molecular complexity index is 607. The molecule has 0 aliphatic heterocycles. The molecule has 0 aliphatic rings. The summed E-state index contributed by atoms with van der Waals surface area (Å²) in [5.74, 6) is 0. The van der Waals surface area contributed by atoms with Crippen molar-refractivity contribution in [1.29, 1.82) is 0 Å². The summed E-state index contributed by atoms with van der Waals surface area (Å²) in [6, 6.07) is 19.3. The van der Waals surface area contributed by atoms with Crippen molar-refractivity contribution in [3.05, 3.63) is 54.6 Å². The summed E-state index contributed by atoms with van der Waals surface area (Å²) in [4.78, 5) is 0. The maximum atomic E-state index is 2.31. The largest absolute Gasteiger partial charge is 1.00 e. The van der Waals surface area contributed by atoms with E-state index in [1.165, 1.54) is 21.5 Å². The maximum absolute atomic E-state index is 2.31. The molecule has 0 radical (unpaired) electrons. The van der Waals surface area contributed by atoms with Crippen LogP contribution in [0.5, 0.6) is 0 Å². The first-order chi connectivity index (χ1) is 8.18. The molecule has 0 nitrogen and oxygen atoms in total. The summed E-state index contributed by atoms with van der Waals surface area (Å²) < 4.78 is 0. The van der Waals surface area contributed by atoms with Gasteiger partial charge in [0, 0.05) is 0 Å². The van der Waals surface area contributed by atoms with Gasteiger partial charge in [0.25, 0.3) is 0 Å². The van der Waals surface area contributed by atoms with Gasteiger partial charge >= 0.3 is 41.9 Å². The smallest absolute Gasteiger partial charge is 0.0771 e. The molecular formula is C15H15Cl2SiZr-. The van der Waals surface area contributed by atoms with Crippen molar-refractivity contribution in [1.82, 2.24) is 0 Å². The second kappa shape index (κ2) is 9.02. The van der Waals surface area contributed by atoms with Crippen molar-refractivity contribution in [2.45, 2.75) is 13.1 Å². The van der Waals surface area contributed by atoms with E-state index in [4.69, 9.17) is 0 Å². The molecule has 0 N–H and O–H groups in total. The molecule has 0 saturated carbocycles. The van der Waals surface area contributed by atoms with Crippen LogP contribution in [0.2, 0.25) is 13.1 Å². The number of hydrogen-bond donors (Lipinski definition) is 0. The van der Waals surface area contributed by atoms with Crippen LogP contribution in [0.15, 0.2) is 54.6 Å². The van der Waals surface area contributed by atoms with Gasteiger partial charge in [-0.05, 0) is 0 Å². The average Bonchev–Trinajstić information content (AvgIpc) is 2.66. The van der Waals surface area contributed by atoms with E-state index in [9.17, 15) is 0 Å². The predicted molar refractivity (Wildman–Crippen MR) is 74.5 cm³/mol. The van der Waals surface area contributed by atoms with E-state index >= 15 is 0 Å². The first kappa shape index (κ1) is 19.0. The molecule has 0 heterocycles. The molecule has 98 valence electrons. The van der Waals surface area contributed by atoms with Gasteiger partial charge < -0.3 is 24.8 Å². The predicted octanol–water partition coefficient (Wildman–Crippen LogP) is -1.50. The van der Waals surface area contributed by atoms with Crippen LogP contribution in [-0.2, 0) is 23.3 Å². The first-order valence-electron chi connectivity index (χ1n) is 5.73. The Morgan fingerprint density at radius 2 is 1.11 bits per heavy atom. The first-order valence-corrected chi connectivity index (χ1v) is 11.9. The molecule has 4 heteroatoms. The van der Waals surface area contributed by atoms with Gasteiger partial charge in [0.2, 0.25) is 0 Å². The Hall–Kier alpha value is -0.01000. The Kier molecular flexibility index (Phi) is 9.02. The number of fused-ring (bicyclic) bond motifs is 3. The fraction of sp³-hybridized carbons (Fsp3) is 0.133. The summed E-state index contributed by atoms with van der Waals surface area (Å²) >= 11 is 1.74. The van der Waals surface area contributed by atoms with E-state index in [0.29, 0.717) is 0 Å². The molecule has 0 spiro atoms. The van der Waals surface area contributed by atoms with Gasteiger partial charge in [-0.3, -0.25) is 0 Å². The number of hydrogen-bond acceptors (Lipinski definition) is 0. The van der Waals surface area contributed by atoms with Gasteiger partial charge in [-0.15, -0.1) is 39.7 Å². The molecule has 0 unspecified atom stereocenters. The summed E-state index contributed by atoms with van der Waals surface area (Å²) in [5, 5.41) is 5.39. The van der Waals surface area contributed by atoms with Crippen LogP contribution in [0.25, 0.3) is 21.5 Å². The topological polar surface area (TPSA) is 0 Å². The minimum atomic E-state index is 0. The van der Waals surface area contributed by atoms with Crippen molar-refractivity contribution in [3.8, 4) is 0 Å².